The van der Waals surface area contributed by atoms with Gasteiger partial charge in [0.05, 0.1) is 5.56 Å². The highest BCUT2D eigenvalue weighted by atomic mass is 19.1. The Morgan fingerprint density at radius 1 is 1.53 bits per heavy atom. The third-order valence-electron chi connectivity index (χ3n) is 2.31. The Bertz CT molecular complexity index is 537. The highest BCUT2D eigenvalue weighted by molar-refractivity contribution is 5.95. The van der Waals surface area contributed by atoms with Gasteiger partial charge in [-0.25, -0.2) is 4.39 Å². The van der Waals surface area contributed by atoms with Gasteiger partial charge < -0.3 is 9.64 Å². The van der Waals surface area contributed by atoms with E-state index < -0.39 is 17.7 Å². The lowest BCUT2D eigenvalue weighted by Gasteiger charge is -2.16. The van der Waals surface area contributed by atoms with Gasteiger partial charge in [0.25, 0.3) is 5.91 Å². The van der Waals surface area contributed by atoms with Crippen LogP contribution in [-0.4, -0.2) is 37.1 Å². The lowest BCUT2D eigenvalue weighted by atomic mass is 10.1. The number of rotatable bonds is 4. The summed E-state index contributed by atoms with van der Waals surface area (Å²) in [4.78, 5) is 24.1. The molecule has 0 bridgehead atoms. The van der Waals surface area contributed by atoms with Gasteiger partial charge in [-0.1, -0.05) is 0 Å². The van der Waals surface area contributed by atoms with Crippen molar-refractivity contribution in [1.82, 2.24) is 4.90 Å². The Morgan fingerprint density at radius 2 is 2.21 bits per heavy atom. The van der Waals surface area contributed by atoms with Crippen molar-refractivity contribution < 1.29 is 18.7 Å². The SMILES string of the molecule is [C]#Cc1ccc(C(=O)N(C)CC(=O)OCN)cc1F. The number of hydrogen-bond donors (Lipinski definition) is 1. The van der Waals surface area contributed by atoms with Gasteiger partial charge in [0, 0.05) is 12.6 Å². The second-order valence-electron chi connectivity index (χ2n) is 3.66. The van der Waals surface area contributed by atoms with Crippen LogP contribution in [0.15, 0.2) is 18.2 Å². The largest absolute Gasteiger partial charge is 0.449 e. The molecule has 0 spiro atoms. The fraction of sp³-hybridized carbons (Fsp3) is 0.231. The van der Waals surface area contributed by atoms with E-state index in [0.29, 0.717) is 0 Å². The van der Waals surface area contributed by atoms with E-state index >= 15 is 0 Å². The van der Waals surface area contributed by atoms with E-state index in [4.69, 9.17) is 12.2 Å². The normalized spacial score (nSPS) is 9.58. The van der Waals surface area contributed by atoms with Crippen LogP contribution in [0.4, 0.5) is 4.39 Å². The van der Waals surface area contributed by atoms with Crippen molar-refractivity contribution in [2.24, 2.45) is 5.73 Å². The third-order valence-corrected chi connectivity index (χ3v) is 2.31. The number of ether oxygens (including phenoxy) is 1. The summed E-state index contributed by atoms with van der Waals surface area (Å²) in [6, 6.07) is 3.61. The number of nitrogens with two attached hydrogens (primary N) is 1. The molecule has 0 aliphatic carbocycles. The van der Waals surface area contributed by atoms with Gasteiger partial charge in [-0.3, -0.25) is 15.3 Å². The average molecular weight is 263 g/mol. The molecule has 1 rings (SSSR count). The van der Waals surface area contributed by atoms with Crippen LogP contribution < -0.4 is 5.73 Å². The Balaban J connectivity index is 2.80. The van der Waals surface area contributed by atoms with Gasteiger partial charge in [-0.15, -0.1) is 0 Å². The quantitative estimate of drug-likeness (QED) is 0.481. The van der Waals surface area contributed by atoms with Crippen molar-refractivity contribution in [3.05, 3.63) is 41.6 Å². The zero-order valence-electron chi connectivity index (χ0n) is 10.3. The molecule has 1 radical (unpaired) electrons. The van der Waals surface area contributed by atoms with E-state index in [-0.39, 0.29) is 24.4 Å². The maximum atomic E-state index is 13.4. The third kappa shape index (κ3) is 3.79. The topological polar surface area (TPSA) is 72.6 Å². The van der Waals surface area contributed by atoms with Crippen LogP contribution in [0.25, 0.3) is 0 Å². The van der Waals surface area contributed by atoms with Crippen molar-refractivity contribution in [3.63, 3.8) is 0 Å². The summed E-state index contributed by atoms with van der Waals surface area (Å²) < 4.78 is 17.9. The first kappa shape index (κ1) is 14.7. The lowest BCUT2D eigenvalue weighted by Crippen LogP contribution is -2.33. The molecular formula is C13H12FN2O3. The maximum Gasteiger partial charge on any atom is 0.326 e. The Hall–Kier alpha value is -2.39. The van der Waals surface area contributed by atoms with E-state index in [9.17, 15) is 14.0 Å². The summed E-state index contributed by atoms with van der Waals surface area (Å²) in [7, 11) is 1.38. The monoisotopic (exact) mass is 263 g/mol. The first-order valence-corrected chi connectivity index (χ1v) is 5.33. The van der Waals surface area contributed by atoms with Gasteiger partial charge in [-0.05, 0) is 30.5 Å². The number of hydrogen-bond acceptors (Lipinski definition) is 4. The standard InChI is InChI=1S/C13H12FN2O3/c1-3-9-4-5-10(6-11(9)14)13(18)16(2)7-12(17)19-8-15/h4-6H,7-8,15H2,2H3. The number of halogens is 1. The summed E-state index contributed by atoms with van der Waals surface area (Å²) in [6.07, 6.45) is 6.83. The molecule has 0 unspecified atom stereocenters. The first-order chi connectivity index (χ1) is 8.99. The molecule has 0 saturated carbocycles. The number of carbonyl (C=O) groups excluding carboxylic acids is 2. The number of benzene rings is 1. The van der Waals surface area contributed by atoms with E-state index in [1.165, 1.54) is 19.2 Å². The Kier molecular flexibility index (Phi) is 5.03. The maximum absolute atomic E-state index is 13.4. The van der Waals surface area contributed by atoms with Gasteiger partial charge in [0.2, 0.25) is 0 Å². The number of esters is 1. The predicted octanol–water partition coefficient (Wildman–Crippen LogP) is 0.295. The summed E-state index contributed by atoms with van der Waals surface area (Å²) in [5, 5.41) is 0. The smallest absolute Gasteiger partial charge is 0.326 e. The van der Waals surface area contributed by atoms with Crippen molar-refractivity contribution in [2.45, 2.75) is 0 Å². The van der Waals surface area contributed by atoms with E-state index in [1.54, 1.807) is 0 Å². The highest BCUT2D eigenvalue weighted by Crippen LogP contribution is 2.11. The molecule has 0 saturated heterocycles. The van der Waals surface area contributed by atoms with E-state index in [0.717, 1.165) is 11.0 Å². The van der Waals surface area contributed by atoms with Crippen LogP contribution in [0.5, 0.6) is 0 Å². The molecule has 1 aromatic rings. The molecule has 2 N–H and O–H groups in total. The zero-order chi connectivity index (χ0) is 14.4. The molecule has 0 aliphatic heterocycles. The van der Waals surface area contributed by atoms with Crippen LogP contribution in [0, 0.1) is 18.2 Å². The minimum Gasteiger partial charge on any atom is -0.449 e. The average Bonchev–Trinajstić information content (AvgIpc) is 2.37. The fourth-order valence-electron chi connectivity index (χ4n) is 1.37. The second-order valence-corrected chi connectivity index (χ2v) is 3.66. The minimum atomic E-state index is -0.723. The van der Waals surface area contributed by atoms with Crippen LogP contribution >= 0.6 is 0 Å². The van der Waals surface area contributed by atoms with Crippen molar-refractivity contribution >= 4 is 11.9 Å². The number of likely N-dealkylation sites (N-methyl/N-ethyl adjacent to an activating group) is 1. The number of carbonyl (C=O) groups is 2. The van der Waals surface area contributed by atoms with Gasteiger partial charge in [0.15, 0.2) is 0 Å². The Morgan fingerprint density at radius 3 is 2.74 bits per heavy atom. The fourth-order valence-corrected chi connectivity index (χ4v) is 1.37. The predicted molar refractivity (Wildman–Crippen MR) is 64.7 cm³/mol. The van der Waals surface area contributed by atoms with Gasteiger partial charge in [0.1, 0.15) is 19.1 Å². The Labute approximate surface area is 110 Å². The summed E-state index contributed by atoms with van der Waals surface area (Å²) in [5.74, 6) is -0.00904. The number of nitrogens with zero attached hydrogens (tertiary/aromatic N) is 1. The summed E-state index contributed by atoms with van der Waals surface area (Å²) in [6.45, 7) is -0.546. The molecule has 0 atom stereocenters. The van der Waals surface area contributed by atoms with Crippen LogP contribution in [0.3, 0.4) is 0 Å². The summed E-state index contributed by atoms with van der Waals surface area (Å²) in [5.41, 5.74) is 5.05. The molecule has 0 heterocycles. The van der Waals surface area contributed by atoms with Crippen LogP contribution in [0.1, 0.15) is 15.9 Å². The molecule has 19 heavy (non-hydrogen) atoms. The lowest BCUT2D eigenvalue weighted by molar-refractivity contribution is -0.143. The first-order valence-electron chi connectivity index (χ1n) is 5.33. The minimum absolute atomic E-state index is 0.0401. The van der Waals surface area contributed by atoms with Gasteiger partial charge in [-0.2, -0.15) is 0 Å². The van der Waals surface area contributed by atoms with Crippen molar-refractivity contribution in [2.75, 3.05) is 20.3 Å². The van der Waals surface area contributed by atoms with Crippen molar-refractivity contribution in [3.8, 4) is 5.92 Å². The molecule has 0 fully saturated rings. The molecule has 6 heteroatoms. The van der Waals surface area contributed by atoms with Crippen LogP contribution in [0.2, 0.25) is 0 Å². The molecular weight excluding hydrogens is 251 g/mol. The van der Waals surface area contributed by atoms with Crippen LogP contribution in [-0.2, 0) is 9.53 Å². The van der Waals surface area contributed by atoms with Crippen molar-refractivity contribution in [1.29, 1.82) is 0 Å². The molecule has 1 amide bonds. The van der Waals surface area contributed by atoms with E-state index in [1.807, 2.05) is 5.92 Å². The molecule has 99 valence electrons. The molecule has 0 aliphatic rings. The molecule has 1 aromatic carbocycles. The highest BCUT2D eigenvalue weighted by Gasteiger charge is 2.16. The summed E-state index contributed by atoms with van der Waals surface area (Å²) >= 11 is 0. The zero-order valence-corrected chi connectivity index (χ0v) is 10.3. The molecule has 0 aromatic heterocycles. The second kappa shape index (κ2) is 6.52. The molecule has 5 nitrogen and oxygen atoms in total. The van der Waals surface area contributed by atoms with Gasteiger partial charge >= 0.3 is 5.97 Å². The van der Waals surface area contributed by atoms with E-state index in [2.05, 4.69) is 4.74 Å². The number of amides is 1.